The molecule has 74 valence electrons. The fraction of sp³-hybridized carbons (Fsp3) is 0.273. The van der Waals surface area contributed by atoms with Gasteiger partial charge in [0.25, 0.3) is 0 Å². The number of hydrogen-bond acceptors (Lipinski definition) is 2. The van der Waals surface area contributed by atoms with Gasteiger partial charge >= 0.3 is 0 Å². The third kappa shape index (κ3) is 2.36. The van der Waals surface area contributed by atoms with Gasteiger partial charge in [-0.2, -0.15) is 0 Å². The van der Waals surface area contributed by atoms with Gasteiger partial charge in [0.2, 0.25) is 0 Å². The van der Waals surface area contributed by atoms with E-state index in [9.17, 15) is 8.42 Å². The summed E-state index contributed by atoms with van der Waals surface area (Å²) < 4.78 is 23.4. The standard InChI is InChI=1S/C11H12O2S/c1-3-4-9-14(12,13)11-8-6-5-7-10(11)2/h1,5-8H,4,9H2,2H3. The van der Waals surface area contributed by atoms with Gasteiger partial charge in [-0.05, 0) is 18.6 Å². The lowest BCUT2D eigenvalue weighted by atomic mass is 10.2. The molecule has 0 saturated carbocycles. The van der Waals surface area contributed by atoms with Crippen molar-refractivity contribution in [1.29, 1.82) is 0 Å². The lowest BCUT2D eigenvalue weighted by Crippen LogP contribution is -2.07. The molecule has 0 N–H and O–H groups in total. The Labute approximate surface area is 84.9 Å². The molecule has 0 heterocycles. The fourth-order valence-electron chi connectivity index (χ4n) is 1.21. The van der Waals surface area contributed by atoms with Gasteiger partial charge in [0.15, 0.2) is 9.84 Å². The summed E-state index contributed by atoms with van der Waals surface area (Å²) in [5, 5.41) is 0. The quantitative estimate of drug-likeness (QED) is 0.710. The van der Waals surface area contributed by atoms with Gasteiger partial charge in [0.05, 0.1) is 10.6 Å². The molecule has 0 aliphatic rings. The van der Waals surface area contributed by atoms with E-state index in [1.54, 1.807) is 25.1 Å². The Morgan fingerprint density at radius 3 is 2.57 bits per heavy atom. The van der Waals surface area contributed by atoms with Gasteiger partial charge in [-0.3, -0.25) is 0 Å². The molecule has 1 aromatic carbocycles. The highest BCUT2D eigenvalue weighted by atomic mass is 32.2. The lowest BCUT2D eigenvalue weighted by molar-refractivity contribution is 0.595. The molecule has 0 fully saturated rings. The molecule has 0 radical (unpaired) electrons. The van der Waals surface area contributed by atoms with Crippen LogP contribution >= 0.6 is 0 Å². The Morgan fingerprint density at radius 1 is 1.36 bits per heavy atom. The van der Waals surface area contributed by atoms with Crippen LogP contribution in [0.3, 0.4) is 0 Å². The van der Waals surface area contributed by atoms with E-state index < -0.39 is 9.84 Å². The summed E-state index contributed by atoms with van der Waals surface area (Å²) in [6.07, 6.45) is 5.30. The number of benzene rings is 1. The number of aryl methyl sites for hydroxylation is 1. The van der Waals surface area contributed by atoms with Crippen LogP contribution in [0.15, 0.2) is 29.2 Å². The molecule has 1 aromatic rings. The van der Waals surface area contributed by atoms with E-state index in [0.29, 0.717) is 4.90 Å². The van der Waals surface area contributed by atoms with Gasteiger partial charge in [0.1, 0.15) is 0 Å². The third-order valence-corrected chi connectivity index (χ3v) is 3.81. The summed E-state index contributed by atoms with van der Waals surface area (Å²) in [5.74, 6) is 2.36. The Morgan fingerprint density at radius 2 is 2.00 bits per heavy atom. The SMILES string of the molecule is C#CCCS(=O)(=O)c1ccccc1C. The Balaban J connectivity index is 3.06. The second-order valence-corrected chi connectivity index (χ2v) is 5.12. The molecule has 0 aliphatic heterocycles. The summed E-state index contributed by atoms with van der Waals surface area (Å²) in [5.41, 5.74) is 0.768. The van der Waals surface area contributed by atoms with Crippen molar-refractivity contribution < 1.29 is 8.42 Å². The highest BCUT2D eigenvalue weighted by Gasteiger charge is 2.14. The van der Waals surface area contributed by atoms with Crippen molar-refractivity contribution in [2.45, 2.75) is 18.2 Å². The van der Waals surface area contributed by atoms with Gasteiger partial charge in [-0.25, -0.2) is 8.42 Å². The molecule has 0 aliphatic carbocycles. The molecular weight excluding hydrogens is 196 g/mol. The smallest absolute Gasteiger partial charge is 0.179 e. The van der Waals surface area contributed by atoms with E-state index in [2.05, 4.69) is 5.92 Å². The highest BCUT2D eigenvalue weighted by molar-refractivity contribution is 7.91. The first-order valence-corrected chi connectivity index (χ1v) is 5.95. The first-order chi connectivity index (χ1) is 6.58. The van der Waals surface area contributed by atoms with E-state index >= 15 is 0 Å². The molecule has 0 spiro atoms. The van der Waals surface area contributed by atoms with Crippen LogP contribution in [0.1, 0.15) is 12.0 Å². The maximum absolute atomic E-state index is 11.7. The average molecular weight is 208 g/mol. The zero-order valence-corrected chi connectivity index (χ0v) is 8.84. The zero-order valence-electron chi connectivity index (χ0n) is 8.03. The number of sulfone groups is 1. The van der Waals surface area contributed by atoms with E-state index in [0.717, 1.165) is 5.56 Å². The molecule has 2 nitrogen and oxygen atoms in total. The summed E-state index contributed by atoms with van der Waals surface area (Å²) in [6.45, 7) is 1.78. The minimum absolute atomic E-state index is 0.0222. The summed E-state index contributed by atoms with van der Waals surface area (Å²) >= 11 is 0. The number of hydrogen-bond donors (Lipinski definition) is 0. The number of rotatable bonds is 3. The van der Waals surface area contributed by atoms with Crippen LogP contribution in [0.4, 0.5) is 0 Å². The van der Waals surface area contributed by atoms with Crippen LogP contribution in [-0.2, 0) is 9.84 Å². The Bertz CT molecular complexity index is 452. The van der Waals surface area contributed by atoms with Gasteiger partial charge in [0, 0.05) is 6.42 Å². The van der Waals surface area contributed by atoms with Crippen molar-refractivity contribution in [3.05, 3.63) is 29.8 Å². The maximum atomic E-state index is 11.7. The normalized spacial score (nSPS) is 10.9. The predicted octanol–water partition coefficient (Wildman–Crippen LogP) is 1.79. The fourth-order valence-corrected chi connectivity index (χ4v) is 2.66. The molecule has 0 saturated heterocycles. The highest BCUT2D eigenvalue weighted by Crippen LogP contribution is 2.16. The molecule has 0 atom stereocenters. The average Bonchev–Trinajstić information content (AvgIpc) is 2.15. The van der Waals surface area contributed by atoms with Crippen LogP contribution in [0.5, 0.6) is 0 Å². The second kappa shape index (κ2) is 4.30. The van der Waals surface area contributed by atoms with Crippen LogP contribution in [-0.4, -0.2) is 14.2 Å². The van der Waals surface area contributed by atoms with Crippen molar-refractivity contribution in [2.24, 2.45) is 0 Å². The van der Waals surface area contributed by atoms with E-state index in [-0.39, 0.29) is 12.2 Å². The van der Waals surface area contributed by atoms with E-state index in [1.807, 2.05) is 6.07 Å². The van der Waals surface area contributed by atoms with Crippen molar-refractivity contribution >= 4 is 9.84 Å². The lowest BCUT2D eigenvalue weighted by Gasteiger charge is -2.04. The molecule has 0 unspecified atom stereocenters. The molecule has 1 rings (SSSR count). The van der Waals surface area contributed by atoms with Crippen molar-refractivity contribution in [3.63, 3.8) is 0 Å². The predicted molar refractivity (Wildman–Crippen MR) is 56.7 cm³/mol. The van der Waals surface area contributed by atoms with E-state index in [1.165, 1.54) is 0 Å². The Kier molecular flexibility index (Phi) is 3.32. The third-order valence-electron chi connectivity index (χ3n) is 1.94. The molecule has 0 bridgehead atoms. The summed E-state index contributed by atoms with van der Waals surface area (Å²) in [4.78, 5) is 0.384. The minimum Gasteiger partial charge on any atom is -0.224 e. The molecule has 14 heavy (non-hydrogen) atoms. The van der Waals surface area contributed by atoms with Gasteiger partial charge in [-0.1, -0.05) is 18.2 Å². The first-order valence-electron chi connectivity index (χ1n) is 4.30. The van der Waals surface area contributed by atoms with Crippen molar-refractivity contribution in [3.8, 4) is 12.3 Å². The summed E-state index contributed by atoms with van der Waals surface area (Å²) in [7, 11) is -3.20. The monoisotopic (exact) mass is 208 g/mol. The topological polar surface area (TPSA) is 34.1 Å². The zero-order chi connectivity index (χ0) is 10.6. The van der Waals surface area contributed by atoms with Crippen LogP contribution in [0.25, 0.3) is 0 Å². The van der Waals surface area contributed by atoms with Gasteiger partial charge < -0.3 is 0 Å². The largest absolute Gasteiger partial charge is 0.224 e. The molecule has 0 amide bonds. The molecule has 0 aromatic heterocycles. The number of terminal acetylenes is 1. The minimum atomic E-state index is -3.20. The van der Waals surface area contributed by atoms with Crippen LogP contribution in [0.2, 0.25) is 0 Å². The van der Waals surface area contributed by atoms with Crippen LogP contribution < -0.4 is 0 Å². The first kappa shape index (κ1) is 10.8. The van der Waals surface area contributed by atoms with Gasteiger partial charge in [-0.15, -0.1) is 12.3 Å². The molecular formula is C11H12O2S. The van der Waals surface area contributed by atoms with Crippen molar-refractivity contribution in [2.75, 3.05) is 5.75 Å². The maximum Gasteiger partial charge on any atom is 0.179 e. The van der Waals surface area contributed by atoms with Crippen molar-refractivity contribution in [1.82, 2.24) is 0 Å². The molecule has 3 heteroatoms. The Hall–Kier alpha value is -1.27. The van der Waals surface area contributed by atoms with Crippen LogP contribution in [0, 0.1) is 19.3 Å². The van der Waals surface area contributed by atoms with E-state index in [4.69, 9.17) is 6.42 Å². The second-order valence-electron chi connectivity index (χ2n) is 3.04. The summed E-state index contributed by atoms with van der Waals surface area (Å²) in [6, 6.07) is 6.93.